The predicted molar refractivity (Wildman–Crippen MR) is 45.9 cm³/mol. The molecule has 15 heavy (non-hydrogen) atoms. The molecular weight excluding hydrogens is 310 g/mol. The van der Waals surface area contributed by atoms with Crippen LogP contribution >= 0.6 is 0 Å². The van der Waals surface area contributed by atoms with Gasteiger partial charge in [-0.15, -0.1) is 0 Å². The van der Waals surface area contributed by atoms with Crippen molar-refractivity contribution >= 4 is 0 Å². The molecule has 0 aromatic heterocycles. The summed E-state index contributed by atoms with van der Waals surface area (Å²) in [6.07, 6.45) is 1.30. The van der Waals surface area contributed by atoms with Gasteiger partial charge >= 0.3 is 21.7 Å². The Labute approximate surface area is 134 Å². The third-order valence-electron chi connectivity index (χ3n) is 3.45. The maximum absolute atomic E-state index is 2.35. The van der Waals surface area contributed by atoms with Crippen molar-refractivity contribution in [3.63, 3.8) is 0 Å². The Hall–Kier alpha value is 1.61. The van der Waals surface area contributed by atoms with Gasteiger partial charge in [0.05, 0.1) is 0 Å². The molecule has 0 aromatic carbocycles. The summed E-state index contributed by atoms with van der Waals surface area (Å²) < 4.78 is 0. The Morgan fingerprint density at radius 2 is 1.33 bits per heavy atom. The Balaban J connectivity index is -0.0000000667. The average Bonchev–Trinajstić information content (AvgIpc) is 1.97. The summed E-state index contributed by atoms with van der Waals surface area (Å²) in [7, 11) is 0. The number of rotatable bonds is 0. The summed E-state index contributed by atoms with van der Waals surface area (Å²) in [4.78, 5) is 0. The third kappa shape index (κ3) is 6.19. The molecule has 90 valence electrons. The zero-order chi connectivity index (χ0) is 7.94. The van der Waals surface area contributed by atoms with Crippen molar-refractivity contribution < 1.29 is 71.3 Å². The second-order valence-electron chi connectivity index (χ2n) is 4.23. The second kappa shape index (κ2) is 10.7. The van der Waals surface area contributed by atoms with E-state index in [-0.39, 0.29) is 71.3 Å². The molecule has 0 saturated heterocycles. The van der Waals surface area contributed by atoms with E-state index in [1.165, 1.54) is 6.42 Å². The van der Waals surface area contributed by atoms with Crippen LogP contribution < -0.4 is 49.6 Å². The van der Waals surface area contributed by atoms with E-state index in [1.54, 1.807) is 11.1 Å². The van der Waals surface area contributed by atoms with Crippen molar-refractivity contribution in [2.45, 2.75) is 41.0 Å². The average molecular weight is 328 g/mol. The summed E-state index contributed by atoms with van der Waals surface area (Å²) in [5.74, 6) is 0.840. The van der Waals surface area contributed by atoms with Crippen molar-refractivity contribution in [2.75, 3.05) is 0 Å². The van der Waals surface area contributed by atoms with E-state index in [2.05, 4.69) is 34.6 Å². The van der Waals surface area contributed by atoms with Gasteiger partial charge in [-0.2, -0.15) is 0 Å². The van der Waals surface area contributed by atoms with Crippen LogP contribution in [0.15, 0.2) is 11.1 Å². The first-order valence-corrected chi connectivity index (χ1v) is 4.13. The standard InChI is InChI=1S/C10H18.4ClH.Ti/c1-7-6-8(2)10(4,5)9(7)3;;;;;/h8H,6H2,1-5H3;4*1H;/q;;;;;+4/p-4. The molecule has 0 radical (unpaired) electrons. The second-order valence-corrected chi connectivity index (χ2v) is 4.23. The first-order valence-electron chi connectivity index (χ1n) is 4.13. The maximum Gasteiger partial charge on any atom is 4.00 e. The van der Waals surface area contributed by atoms with E-state index >= 15 is 0 Å². The molecule has 0 saturated carbocycles. The summed E-state index contributed by atoms with van der Waals surface area (Å²) in [5, 5.41) is 0. The molecule has 1 aliphatic rings. The summed E-state index contributed by atoms with van der Waals surface area (Å²) in [5.41, 5.74) is 3.68. The van der Waals surface area contributed by atoms with Crippen LogP contribution in [0.25, 0.3) is 0 Å². The molecule has 1 unspecified atom stereocenters. The molecule has 0 heterocycles. The molecule has 1 atom stereocenters. The van der Waals surface area contributed by atoms with Gasteiger partial charge < -0.3 is 49.6 Å². The molecule has 0 spiro atoms. The molecule has 0 nitrogen and oxygen atoms in total. The van der Waals surface area contributed by atoms with Crippen LogP contribution in [0.1, 0.15) is 41.0 Å². The number of hydrogen-bond acceptors (Lipinski definition) is 0. The van der Waals surface area contributed by atoms with E-state index in [0.717, 1.165) is 5.92 Å². The monoisotopic (exact) mass is 326 g/mol. The van der Waals surface area contributed by atoms with E-state index in [4.69, 9.17) is 0 Å². The van der Waals surface area contributed by atoms with E-state index in [0.29, 0.717) is 5.41 Å². The van der Waals surface area contributed by atoms with Gasteiger partial charge in [-0.05, 0) is 31.6 Å². The first kappa shape index (κ1) is 30.0. The molecule has 1 rings (SSSR count). The number of halogens is 4. The molecule has 0 amide bonds. The summed E-state index contributed by atoms with van der Waals surface area (Å²) in [6, 6.07) is 0. The quantitative estimate of drug-likeness (QED) is 0.306. The molecule has 1 aliphatic carbocycles. The van der Waals surface area contributed by atoms with Gasteiger partial charge in [0, 0.05) is 0 Å². The van der Waals surface area contributed by atoms with Crippen LogP contribution in [0, 0.1) is 11.3 Å². The largest absolute Gasteiger partial charge is 4.00 e. The SMILES string of the molecule is CC1=C(C)C(C)(C)C(C)C1.[Cl-].[Cl-].[Cl-].[Cl-].[Ti+4]. The van der Waals surface area contributed by atoms with Gasteiger partial charge in [-0.25, -0.2) is 0 Å². The number of allylic oxidation sites excluding steroid dienone is 2. The molecule has 0 fully saturated rings. The predicted octanol–water partition coefficient (Wildman–Crippen LogP) is -8.60. The minimum Gasteiger partial charge on any atom is -1.00 e. The summed E-state index contributed by atoms with van der Waals surface area (Å²) >= 11 is 0. The van der Waals surface area contributed by atoms with Crippen molar-refractivity contribution in [3.8, 4) is 0 Å². The Bertz CT molecular complexity index is 190. The zero-order valence-electron chi connectivity index (χ0n) is 9.80. The van der Waals surface area contributed by atoms with Gasteiger partial charge in [-0.1, -0.05) is 31.9 Å². The van der Waals surface area contributed by atoms with Crippen LogP contribution in [-0.4, -0.2) is 0 Å². The fraction of sp³-hybridized carbons (Fsp3) is 0.800. The minimum atomic E-state index is 0. The fourth-order valence-electron chi connectivity index (χ4n) is 1.79. The topological polar surface area (TPSA) is 0 Å². The molecule has 0 bridgehead atoms. The Kier molecular flexibility index (Phi) is 21.5. The molecule has 0 aliphatic heterocycles. The van der Waals surface area contributed by atoms with Crippen LogP contribution in [0.5, 0.6) is 0 Å². The van der Waals surface area contributed by atoms with E-state index in [1.807, 2.05) is 0 Å². The van der Waals surface area contributed by atoms with E-state index in [9.17, 15) is 0 Å². The Morgan fingerprint density at radius 1 is 1.00 bits per heavy atom. The summed E-state index contributed by atoms with van der Waals surface area (Å²) in [6.45, 7) is 11.6. The minimum absolute atomic E-state index is 0. The van der Waals surface area contributed by atoms with Crippen LogP contribution in [0.3, 0.4) is 0 Å². The molecule has 5 heteroatoms. The number of hydrogen-bond donors (Lipinski definition) is 0. The normalized spacial score (nSPS) is 21.0. The van der Waals surface area contributed by atoms with Crippen LogP contribution in [0.4, 0.5) is 0 Å². The zero-order valence-corrected chi connectivity index (χ0v) is 14.4. The van der Waals surface area contributed by atoms with Crippen molar-refractivity contribution in [2.24, 2.45) is 11.3 Å². The van der Waals surface area contributed by atoms with Gasteiger partial charge in [0.15, 0.2) is 0 Å². The smallest absolute Gasteiger partial charge is 1.00 e. The van der Waals surface area contributed by atoms with Crippen LogP contribution in [0.2, 0.25) is 0 Å². The van der Waals surface area contributed by atoms with Gasteiger partial charge in [0.2, 0.25) is 0 Å². The Morgan fingerprint density at radius 3 is 1.40 bits per heavy atom. The van der Waals surface area contributed by atoms with Gasteiger partial charge in [0.1, 0.15) is 0 Å². The maximum atomic E-state index is 2.35. The molecule has 0 aromatic rings. The molecule has 0 N–H and O–H groups in total. The van der Waals surface area contributed by atoms with Crippen molar-refractivity contribution in [1.29, 1.82) is 0 Å². The van der Waals surface area contributed by atoms with E-state index < -0.39 is 0 Å². The van der Waals surface area contributed by atoms with Crippen LogP contribution in [-0.2, 0) is 21.7 Å². The first-order chi connectivity index (χ1) is 4.46. The fourth-order valence-corrected chi connectivity index (χ4v) is 1.79. The van der Waals surface area contributed by atoms with Gasteiger partial charge in [0.25, 0.3) is 0 Å². The third-order valence-corrected chi connectivity index (χ3v) is 3.45. The van der Waals surface area contributed by atoms with Crippen molar-refractivity contribution in [3.05, 3.63) is 11.1 Å². The van der Waals surface area contributed by atoms with Gasteiger partial charge in [-0.3, -0.25) is 0 Å². The van der Waals surface area contributed by atoms with Crippen molar-refractivity contribution in [1.82, 2.24) is 0 Å². The molecular formula is C10H18Cl4Ti.